The Labute approximate surface area is 73.4 Å². The van der Waals surface area contributed by atoms with Gasteiger partial charge in [-0.25, -0.2) is 0 Å². The fourth-order valence-corrected chi connectivity index (χ4v) is 1.69. The molecule has 2 N–H and O–H groups in total. The lowest BCUT2D eigenvalue weighted by Gasteiger charge is -2.32. The standard InChI is InChI=1S/C8H13O3P/c1-7-5-3-4-6-8(7,2)11-12(9)10/h3-7,9-10H,1-2H3. The zero-order chi connectivity index (χ0) is 9.19. The minimum absolute atomic E-state index is 0.159. The molecule has 0 heterocycles. The minimum Gasteiger partial charge on any atom is -0.328 e. The van der Waals surface area contributed by atoms with Gasteiger partial charge in [-0.3, -0.25) is 0 Å². The zero-order valence-electron chi connectivity index (χ0n) is 7.14. The molecule has 0 aromatic heterocycles. The van der Waals surface area contributed by atoms with Gasteiger partial charge in [-0.05, 0) is 6.92 Å². The fraction of sp³-hybridized carbons (Fsp3) is 0.500. The Morgan fingerprint density at radius 3 is 2.58 bits per heavy atom. The van der Waals surface area contributed by atoms with Crippen molar-refractivity contribution < 1.29 is 14.3 Å². The first-order valence-corrected chi connectivity index (χ1v) is 4.94. The third kappa shape index (κ3) is 2.14. The smallest absolute Gasteiger partial charge is 0.327 e. The number of hydrogen-bond donors (Lipinski definition) is 2. The molecule has 1 rings (SSSR count). The average molecular weight is 188 g/mol. The van der Waals surface area contributed by atoms with Crippen LogP contribution in [0.5, 0.6) is 0 Å². The summed E-state index contributed by atoms with van der Waals surface area (Å²) in [5.74, 6) is 0.159. The molecule has 0 fully saturated rings. The quantitative estimate of drug-likeness (QED) is 0.649. The maximum atomic E-state index is 8.73. The van der Waals surface area contributed by atoms with E-state index < -0.39 is 14.2 Å². The van der Waals surface area contributed by atoms with Gasteiger partial charge >= 0.3 is 8.60 Å². The van der Waals surface area contributed by atoms with Gasteiger partial charge in [0.15, 0.2) is 0 Å². The Hall–Kier alpha value is -0.210. The SMILES string of the molecule is CC1C=CC=CC1(C)OP(O)O. The van der Waals surface area contributed by atoms with E-state index in [1.807, 2.05) is 38.2 Å². The molecular weight excluding hydrogens is 175 g/mol. The zero-order valence-corrected chi connectivity index (χ0v) is 8.03. The predicted octanol–water partition coefficient (Wildman–Crippen LogP) is 1.74. The maximum absolute atomic E-state index is 8.73. The number of allylic oxidation sites excluding steroid dienone is 2. The van der Waals surface area contributed by atoms with Crippen LogP contribution in [0.2, 0.25) is 0 Å². The molecule has 0 amide bonds. The van der Waals surface area contributed by atoms with E-state index in [0.29, 0.717) is 0 Å². The molecule has 12 heavy (non-hydrogen) atoms. The van der Waals surface area contributed by atoms with Crippen molar-refractivity contribution in [3.8, 4) is 0 Å². The molecule has 4 heteroatoms. The first-order chi connectivity index (χ1) is 5.54. The Morgan fingerprint density at radius 1 is 1.42 bits per heavy atom. The summed E-state index contributed by atoms with van der Waals surface area (Å²) in [6.07, 6.45) is 7.57. The van der Waals surface area contributed by atoms with Crippen LogP contribution in [-0.2, 0) is 4.52 Å². The summed E-state index contributed by atoms with van der Waals surface area (Å²) in [4.78, 5) is 17.5. The molecule has 1 aliphatic rings. The van der Waals surface area contributed by atoms with Crippen LogP contribution in [0.1, 0.15) is 13.8 Å². The molecule has 0 aromatic carbocycles. The third-order valence-corrected chi connectivity index (χ3v) is 2.68. The summed E-state index contributed by atoms with van der Waals surface area (Å²) in [5, 5.41) is 0. The van der Waals surface area contributed by atoms with Crippen LogP contribution >= 0.6 is 8.60 Å². The van der Waals surface area contributed by atoms with Gasteiger partial charge in [0.05, 0.1) is 5.60 Å². The van der Waals surface area contributed by atoms with Crippen molar-refractivity contribution in [1.82, 2.24) is 0 Å². The van der Waals surface area contributed by atoms with Crippen LogP contribution in [-0.4, -0.2) is 15.4 Å². The molecular formula is C8H13O3P. The van der Waals surface area contributed by atoms with E-state index >= 15 is 0 Å². The highest BCUT2D eigenvalue weighted by Crippen LogP contribution is 2.39. The van der Waals surface area contributed by atoms with E-state index in [4.69, 9.17) is 14.3 Å². The molecule has 1 aliphatic carbocycles. The van der Waals surface area contributed by atoms with E-state index in [1.165, 1.54) is 0 Å². The van der Waals surface area contributed by atoms with Crippen molar-refractivity contribution in [2.75, 3.05) is 0 Å². The average Bonchev–Trinajstić information content (AvgIpc) is 1.94. The number of hydrogen-bond acceptors (Lipinski definition) is 3. The lowest BCUT2D eigenvalue weighted by Crippen LogP contribution is -2.32. The van der Waals surface area contributed by atoms with Crippen LogP contribution in [0.4, 0.5) is 0 Å². The Kier molecular flexibility index (Phi) is 3.02. The predicted molar refractivity (Wildman–Crippen MR) is 48.3 cm³/mol. The molecule has 0 spiro atoms. The molecule has 0 saturated carbocycles. The summed E-state index contributed by atoms with van der Waals surface area (Å²) in [5.41, 5.74) is -0.579. The summed E-state index contributed by atoms with van der Waals surface area (Å²) >= 11 is 0. The van der Waals surface area contributed by atoms with Gasteiger partial charge in [0.25, 0.3) is 0 Å². The molecule has 0 aromatic rings. The highest BCUT2D eigenvalue weighted by molar-refractivity contribution is 7.39. The monoisotopic (exact) mass is 188 g/mol. The topological polar surface area (TPSA) is 49.7 Å². The van der Waals surface area contributed by atoms with Gasteiger partial charge in [0.1, 0.15) is 0 Å². The van der Waals surface area contributed by atoms with Crippen molar-refractivity contribution in [3.63, 3.8) is 0 Å². The Bertz CT molecular complexity index is 212. The number of rotatable bonds is 2. The molecule has 0 bridgehead atoms. The van der Waals surface area contributed by atoms with Crippen LogP contribution in [0.3, 0.4) is 0 Å². The van der Waals surface area contributed by atoms with Crippen molar-refractivity contribution in [2.45, 2.75) is 19.4 Å². The first-order valence-electron chi connectivity index (χ1n) is 3.77. The van der Waals surface area contributed by atoms with Gasteiger partial charge in [-0.1, -0.05) is 31.2 Å². The second kappa shape index (κ2) is 3.67. The highest BCUT2D eigenvalue weighted by atomic mass is 31.2. The molecule has 0 aliphatic heterocycles. The second-order valence-electron chi connectivity index (χ2n) is 3.06. The summed E-state index contributed by atoms with van der Waals surface area (Å²) in [7, 11) is -2.28. The normalized spacial score (nSPS) is 34.6. The van der Waals surface area contributed by atoms with E-state index in [-0.39, 0.29) is 5.92 Å². The van der Waals surface area contributed by atoms with Gasteiger partial charge in [0.2, 0.25) is 0 Å². The molecule has 2 atom stereocenters. The van der Waals surface area contributed by atoms with E-state index in [2.05, 4.69) is 0 Å². The minimum atomic E-state index is -2.28. The Morgan fingerprint density at radius 2 is 2.08 bits per heavy atom. The lowest BCUT2D eigenvalue weighted by atomic mass is 9.87. The van der Waals surface area contributed by atoms with Gasteiger partial charge in [0, 0.05) is 5.92 Å². The van der Waals surface area contributed by atoms with Gasteiger partial charge in [-0.15, -0.1) is 0 Å². The Balaban J connectivity index is 2.69. The summed E-state index contributed by atoms with van der Waals surface area (Å²) < 4.78 is 5.03. The van der Waals surface area contributed by atoms with Crippen LogP contribution in [0.15, 0.2) is 24.3 Å². The first kappa shape index (κ1) is 9.87. The van der Waals surface area contributed by atoms with Gasteiger partial charge < -0.3 is 14.3 Å². The largest absolute Gasteiger partial charge is 0.328 e. The van der Waals surface area contributed by atoms with Crippen molar-refractivity contribution in [1.29, 1.82) is 0 Å². The van der Waals surface area contributed by atoms with Crippen molar-refractivity contribution in [2.24, 2.45) is 5.92 Å². The van der Waals surface area contributed by atoms with Crippen molar-refractivity contribution in [3.05, 3.63) is 24.3 Å². The van der Waals surface area contributed by atoms with E-state index in [0.717, 1.165) is 0 Å². The highest BCUT2D eigenvalue weighted by Gasteiger charge is 2.31. The maximum Gasteiger partial charge on any atom is 0.327 e. The van der Waals surface area contributed by atoms with Crippen LogP contribution in [0.25, 0.3) is 0 Å². The molecule has 68 valence electrons. The van der Waals surface area contributed by atoms with Gasteiger partial charge in [-0.2, -0.15) is 0 Å². The fourth-order valence-electron chi connectivity index (χ4n) is 1.11. The summed E-state index contributed by atoms with van der Waals surface area (Å²) in [6, 6.07) is 0. The molecule has 0 radical (unpaired) electrons. The lowest BCUT2D eigenvalue weighted by molar-refractivity contribution is 0.0834. The van der Waals surface area contributed by atoms with E-state index in [9.17, 15) is 0 Å². The molecule has 2 unspecified atom stereocenters. The van der Waals surface area contributed by atoms with Crippen LogP contribution < -0.4 is 0 Å². The second-order valence-corrected chi connectivity index (χ2v) is 3.75. The third-order valence-electron chi connectivity index (χ3n) is 2.12. The van der Waals surface area contributed by atoms with E-state index in [1.54, 1.807) is 0 Å². The van der Waals surface area contributed by atoms with Crippen molar-refractivity contribution >= 4 is 8.60 Å². The molecule has 0 saturated heterocycles. The summed E-state index contributed by atoms with van der Waals surface area (Å²) in [6.45, 7) is 3.80. The van der Waals surface area contributed by atoms with Crippen LogP contribution in [0, 0.1) is 5.92 Å². The molecule has 3 nitrogen and oxygen atoms in total.